The van der Waals surface area contributed by atoms with Crippen molar-refractivity contribution in [3.8, 4) is 0 Å². The van der Waals surface area contributed by atoms with Gasteiger partial charge in [0, 0.05) is 45.7 Å². The maximum atomic E-state index is 12.5. The lowest BCUT2D eigenvalue weighted by atomic mass is 10.1. The Morgan fingerprint density at radius 3 is 2.54 bits per heavy atom. The van der Waals surface area contributed by atoms with Crippen molar-refractivity contribution in [1.29, 1.82) is 0 Å². The Labute approximate surface area is 165 Å². The number of fused-ring (bicyclic) bond motifs is 1. The molecule has 0 radical (unpaired) electrons. The number of hydrogen-bond acceptors (Lipinski definition) is 5. The molecule has 0 aliphatic carbocycles. The van der Waals surface area contributed by atoms with E-state index in [4.69, 9.17) is 9.47 Å². The van der Waals surface area contributed by atoms with Gasteiger partial charge in [0.1, 0.15) is 0 Å². The van der Waals surface area contributed by atoms with Crippen LogP contribution in [0.2, 0.25) is 0 Å². The van der Waals surface area contributed by atoms with E-state index in [1.807, 2.05) is 0 Å². The molecule has 2 rings (SSSR count). The van der Waals surface area contributed by atoms with Crippen LogP contribution in [0.1, 0.15) is 53.3 Å². The maximum absolute atomic E-state index is 12.5. The number of urea groups is 1. The van der Waals surface area contributed by atoms with Crippen LogP contribution in [0.5, 0.6) is 0 Å². The topological polar surface area (TPSA) is 97.0 Å². The first-order valence-electron chi connectivity index (χ1n) is 9.70. The number of nitrogens with zero attached hydrogens (tertiary/aromatic N) is 1. The van der Waals surface area contributed by atoms with E-state index < -0.39 is 0 Å². The first-order valence-corrected chi connectivity index (χ1v) is 9.70. The predicted octanol–water partition coefficient (Wildman–Crippen LogP) is 2.65. The van der Waals surface area contributed by atoms with Crippen LogP contribution in [0.25, 0.3) is 0 Å². The van der Waals surface area contributed by atoms with E-state index in [9.17, 15) is 14.4 Å². The van der Waals surface area contributed by atoms with Gasteiger partial charge >= 0.3 is 6.03 Å². The van der Waals surface area contributed by atoms with Gasteiger partial charge in [0.25, 0.3) is 11.8 Å². The van der Waals surface area contributed by atoms with Gasteiger partial charge in [-0.1, -0.05) is 13.3 Å². The summed E-state index contributed by atoms with van der Waals surface area (Å²) in [6, 6.07) is 4.38. The molecule has 0 bridgehead atoms. The number of amides is 4. The monoisotopic (exact) mass is 391 g/mol. The van der Waals surface area contributed by atoms with E-state index >= 15 is 0 Å². The highest BCUT2D eigenvalue weighted by molar-refractivity contribution is 6.21. The van der Waals surface area contributed by atoms with Gasteiger partial charge in [-0.2, -0.15) is 0 Å². The number of ether oxygens (including phenoxy) is 2. The highest BCUT2D eigenvalue weighted by atomic mass is 16.5. The number of nitrogens with one attached hydrogen (secondary N) is 2. The SMILES string of the molecule is CCCCOCCCNC(=O)Nc1ccc2c(c1)C(=O)N(CCCOC)C2=O. The Balaban J connectivity index is 1.82. The zero-order valence-corrected chi connectivity index (χ0v) is 16.6. The lowest BCUT2D eigenvalue weighted by molar-refractivity contribution is 0.0638. The summed E-state index contributed by atoms with van der Waals surface area (Å²) >= 11 is 0. The molecule has 1 aliphatic rings. The smallest absolute Gasteiger partial charge is 0.319 e. The lowest BCUT2D eigenvalue weighted by Crippen LogP contribution is -2.31. The van der Waals surface area contributed by atoms with Crippen molar-refractivity contribution in [2.45, 2.75) is 32.6 Å². The molecular formula is C20H29N3O5. The molecule has 0 unspecified atom stereocenters. The van der Waals surface area contributed by atoms with Crippen LogP contribution in [-0.4, -0.2) is 62.8 Å². The number of rotatable bonds is 12. The second-order valence-corrected chi connectivity index (χ2v) is 6.57. The quantitative estimate of drug-likeness (QED) is 0.422. The number of carbonyl (C=O) groups is 3. The molecule has 1 aliphatic heterocycles. The van der Waals surface area contributed by atoms with Gasteiger partial charge in [-0.05, 0) is 37.5 Å². The predicted molar refractivity (Wildman–Crippen MR) is 106 cm³/mol. The zero-order valence-electron chi connectivity index (χ0n) is 16.6. The molecule has 0 aromatic heterocycles. The number of imide groups is 1. The highest BCUT2D eigenvalue weighted by Crippen LogP contribution is 2.26. The average Bonchev–Trinajstić information content (AvgIpc) is 2.92. The van der Waals surface area contributed by atoms with E-state index in [0.29, 0.717) is 49.5 Å². The van der Waals surface area contributed by atoms with Crippen molar-refractivity contribution < 1.29 is 23.9 Å². The van der Waals surface area contributed by atoms with E-state index in [-0.39, 0.29) is 17.8 Å². The molecule has 8 heteroatoms. The highest BCUT2D eigenvalue weighted by Gasteiger charge is 2.35. The first-order chi connectivity index (χ1) is 13.6. The van der Waals surface area contributed by atoms with E-state index in [1.165, 1.54) is 4.90 Å². The number of benzene rings is 1. The summed E-state index contributed by atoms with van der Waals surface area (Å²) in [7, 11) is 1.57. The van der Waals surface area contributed by atoms with Crippen LogP contribution in [0.3, 0.4) is 0 Å². The third-order valence-electron chi connectivity index (χ3n) is 4.35. The van der Waals surface area contributed by atoms with Crippen molar-refractivity contribution in [3.63, 3.8) is 0 Å². The third kappa shape index (κ3) is 6.03. The van der Waals surface area contributed by atoms with Gasteiger partial charge in [-0.25, -0.2) is 4.79 Å². The van der Waals surface area contributed by atoms with Crippen LogP contribution in [0.15, 0.2) is 18.2 Å². The summed E-state index contributed by atoms with van der Waals surface area (Å²) in [4.78, 5) is 38.0. The average molecular weight is 391 g/mol. The van der Waals surface area contributed by atoms with Gasteiger partial charge < -0.3 is 20.1 Å². The molecule has 1 aromatic rings. The number of methoxy groups -OCH3 is 1. The number of carbonyl (C=O) groups excluding carboxylic acids is 3. The van der Waals surface area contributed by atoms with Crippen LogP contribution >= 0.6 is 0 Å². The van der Waals surface area contributed by atoms with Gasteiger partial charge in [-0.15, -0.1) is 0 Å². The molecule has 154 valence electrons. The number of unbranched alkanes of at least 4 members (excludes halogenated alkanes) is 1. The Morgan fingerprint density at radius 1 is 1.04 bits per heavy atom. The molecule has 0 spiro atoms. The van der Waals surface area contributed by atoms with Gasteiger partial charge in [0.15, 0.2) is 0 Å². The molecule has 28 heavy (non-hydrogen) atoms. The van der Waals surface area contributed by atoms with Gasteiger partial charge in [0.2, 0.25) is 0 Å². The van der Waals surface area contributed by atoms with Crippen molar-refractivity contribution in [3.05, 3.63) is 29.3 Å². The molecule has 1 aromatic carbocycles. The minimum atomic E-state index is -0.359. The molecule has 0 saturated carbocycles. The summed E-state index contributed by atoms with van der Waals surface area (Å²) in [5, 5.41) is 5.44. The van der Waals surface area contributed by atoms with Crippen LogP contribution in [0, 0.1) is 0 Å². The van der Waals surface area contributed by atoms with Gasteiger partial charge in [-0.3, -0.25) is 14.5 Å². The van der Waals surface area contributed by atoms with Crippen molar-refractivity contribution in [1.82, 2.24) is 10.2 Å². The molecule has 0 fully saturated rings. The van der Waals surface area contributed by atoms with Crippen molar-refractivity contribution in [2.75, 3.05) is 45.3 Å². The Bertz CT molecular complexity index is 692. The molecule has 8 nitrogen and oxygen atoms in total. The number of anilines is 1. The van der Waals surface area contributed by atoms with Crippen LogP contribution < -0.4 is 10.6 Å². The second kappa shape index (κ2) is 11.4. The Kier molecular flexibility index (Phi) is 8.90. The van der Waals surface area contributed by atoms with Crippen molar-refractivity contribution in [2.24, 2.45) is 0 Å². The summed E-state index contributed by atoms with van der Waals surface area (Å²) in [5.41, 5.74) is 1.14. The molecule has 2 N–H and O–H groups in total. The first kappa shape index (κ1) is 21.8. The van der Waals surface area contributed by atoms with E-state index in [1.54, 1.807) is 25.3 Å². The zero-order chi connectivity index (χ0) is 20.4. The fourth-order valence-electron chi connectivity index (χ4n) is 2.84. The van der Waals surface area contributed by atoms with E-state index in [0.717, 1.165) is 25.9 Å². The maximum Gasteiger partial charge on any atom is 0.319 e. The molecule has 0 atom stereocenters. The molecule has 0 saturated heterocycles. The fourth-order valence-corrected chi connectivity index (χ4v) is 2.84. The normalized spacial score (nSPS) is 13.0. The molecule has 1 heterocycles. The third-order valence-corrected chi connectivity index (χ3v) is 4.35. The summed E-state index contributed by atoms with van der Waals surface area (Å²) < 4.78 is 10.4. The summed E-state index contributed by atoms with van der Waals surface area (Å²) in [5.74, 6) is -0.653. The second-order valence-electron chi connectivity index (χ2n) is 6.57. The lowest BCUT2D eigenvalue weighted by Gasteiger charge is -2.12. The minimum Gasteiger partial charge on any atom is -0.385 e. The van der Waals surface area contributed by atoms with E-state index in [2.05, 4.69) is 17.6 Å². The fraction of sp³-hybridized carbons (Fsp3) is 0.550. The Hall–Kier alpha value is -2.45. The Morgan fingerprint density at radius 2 is 1.79 bits per heavy atom. The molecule has 4 amide bonds. The standard InChI is InChI=1S/C20H29N3O5/c1-3-4-12-28-13-5-9-21-20(26)22-15-7-8-16-17(14-15)19(25)23(18(16)24)10-6-11-27-2/h7-8,14H,3-6,9-13H2,1-2H3,(H2,21,22,26). The van der Waals surface area contributed by atoms with Crippen molar-refractivity contribution >= 4 is 23.5 Å². The minimum absolute atomic E-state index is 0.309. The largest absolute Gasteiger partial charge is 0.385 e. The van der Waals surface area contributed by atoms with Crippen LogP contribution in [-0.2, 0) is 9.47 Å². The molecular weight excluding hydrogens is 362 g/mol. The number of hydrogen-bond donors (Lipinski definition) is 2. The van der Waals surface area contributed by atoms with Crippen LogP contribution in [0.4, 0.5) is 10.5 Å². The van der Waals surface area contributed by atoms with Gasteiger partial charge in [0.05, 0.1) is 11.1 Å². The summed E-state index contributed by atoms with van der Waals surface area (Å²) in [6.07, 6.45) is 3.44. The summed E-state index contributed by atoms with van der Waals surface area (Å²) in [6.45, 7) is 4.74.